The fourth-order valence-electron chi connectivity index (χ4n) is 3.11. The second-order valence-corrected chi connectivity index (χ2v) is 5.91. The molecular formula is C18H17N5O2. The molecule has 1 aliphatic rings. The Morgan fingerprint density at radius 3 is 2.40 bits per heavy atom. The molecule has 1 saturated heterocycles. The Balaban J connectivity index is 1.55. The standard InChI is InChI=1S/C18H17N5O2/c24-17-14-6-2-1-5-13(14)16(20-21-17)18(25)23-11-9-22(10-12-23)15-7-3-4-8-19-15/h1-8H,9-12H2,(H,21,24). The van der Waals surface area contributed by atoms with E-state index in [0.29, 0.717) is 42.6 Å². The Morgan fingerprint density at radius 2 is 1.68 bits per heavy atom. The first-order valence-electron chi connectivity index (χ1n) is 8.17. The van der Waals surface area contributed by atoms with Crippen molar-refractivity contribution in [1.82, 2.24) is 20.1 Å². The highest BCUT2D eigenvalue weighted by Crippen LogP contribution is 2.17. The van der Waals surface area contributed by atoms with Crippen LogP contribution in [0.15, 0.2) is 53.5 Å². The number of nitrogens with one attached hydrogen (secondary N) is 1. The molecule has 0 radical (unpaired) electrons. The van der Waals surface area contributed by atoms with Crippen molar-refractivity contribution in [2.24, 2.45) is 0 Å². The Bertz CT molecular complexity index is 962. The van der Waals surface area contributed by atoms with Crippen molar-refractivity contribution in [2.75, 3.05) is 31.1 Å². The highest BCUT2D eigenvalue weighted by Gasteiger charge is 2.25. The van der Waals surface area contributed by atoms with Crippen LogP contribution in [0.5, 0.6) is 0 Å². The lowest BCUT2D eigenvalue weighted by atomic mass is 10.1. The van der Waals surface area contributed by atoms with E-state index in [0.717, 1.165) is 5.82 Å². The zero-order valence-corrected chi connectivity index (χ0v) is 13.6. The summed E-state index contributed by atoms with van der Waals surface area (Å²) in [6.45, 7) is 2.60. The lowest BCUT2D eigenvalue weighted by molar-refractivity contribution is 0.0741. The molecule has 3 heterocycles. The molecule has 7 nitrogen and oxygen atoms in total. The summed E-state index contributed by atoms with van der Waals surface area (Å²) < 4.78 is 0. The summed E-state index contributed by atoms with van der Waals surface area (Å²) >= 11 is 0. The minimum absolute atomic E-state index is 0.159. The highest BCUT2D eigenvalue weighted by atomic mass is 16.2. The topological polar surface area (TPSA) is 82.2 Å². The largest absolute Gasteiger partial charge is 0.353 e. The number of fused-ring (bicyclic) bond motifs is 1. The van der Waals surface area contributed by atoms with Gasteiger partial charge in [0, 0.05) is 37.8 Å². The Hall–Kier alpha value is -3.22. The van der Waals surface area contributed by atoms with Gasteiger partial charge in [-0.1, -0.05) is 24.3 Å². The molecule has 4 rings (SSSR count). The lowest BCUT2D eigenvalue weighted by Crippen LogP contribution is -2.49. The molecular weight excluding hydrogens is 318 g/mol. The van der Waals surface area contributed by atoms with Gasteiger partial charge in [-0.05, 0) is 18.2 Å². The van der Waals surface area contributed by atoms with Gasteiger partial charge in [0.05, 0.1) is 5.39 Å². The van der Waals surface area contributed by atoms with Crippen LogP contribution < -0.4 is 10.5 Å². The van der Waals surface area contributed by atoms with Gasteiger partial charge in [0.2, 0.25) is 0 Å². The normalized spacial score (nSPS) is 14.7. The fourth-order valence-corrected chi connectivity index (χ4v) is 3.11. The van der Waals surface area contributed by atoms with E-state index in [2.05, 4.69) is 20.1 Å². The zero-order valence-electron chi connectivity index (χ0n) is 13.6. The number of carbonyl (C=O) groups is 1. The third-order valence-corrected chi connectivity index (χ3v) is 4.44. The summed E-state index contributed by atoms with van der Waals surface area (Å²) in [5.41, 5.74) is 0.00797. The number of hydrogen-bond donors (Lipinski definition) is 1. The average Bonchev–Trinajstić information content (AvgIpc) is 2.69. The number of aromatic nitrogens is 3. The van der Waals surface area contributed by atoms with Crippen molar-refractivity contribution in [3.05, 3.63) is 64.7 Å². The fraction of sp³-hybridized carbons (Fsp3) is 0.222. The van der Waals surface area contributed by atoms with Gasteiger partial charge in [-0.25, -0.2) is 10.1 Å². The predicted molar refractivity (Wildman–Crippen MR) is 94.7 cm³/mol. The number of benzene rings is 1. The van der Waals surface area contributed by atoms with Crippen LogP contribution in [0.3, 0.4) is 0 Å². The van der Waals surface area contributed by atoms with Crippen LogP contribution in [0, 0.1) is 0 Å². The third-order valence-electron chi connectivity index (χ3n) is 4.44. The van der Waals surface area contributed by atoms with E-state index in [1.165, 1.54) is 0 Å². The quantitative estimate of drug-likeness (QED) is 0.763. The molecule has 0 saturated carbocycles. The van der Waals surface area contributed by atoms with E-state index < -0.39 is 0 Å². The van der Waals surface area contributed by atoms with Crippen LogP contribution in [0.1, 0.15) is 10.5 Å². The number of piperazine rings is 1. The van der Waals surface area contributed by atoms with E-state index in [1.807, 2.05) is 18.2 Å². The first-order chi connectivity index (χ1) is 12.2. The number of nitrogens with zero attached hydrogens (tertiary/aromatic N) is 4. The van der Waals surface area contributed by atoms with Gasteiger partial charge in [0.25, 0.3) is 11.5 Å². The molecule has 1 amide bonds. The summed E-state index contributed by atoms with van der Waals surface area (Å²) in [5, 5.41) is 7.49. The molecule has 1 N–H and O–H groups in total. The lowest BCUT2D eigenvalue weighted by Gasteiger charge is -2.35. The summed E-state index contributed by atoms with van der Waals surface area (Å²) in [5.74, 6) is 0.760. The van der Waals surface area contributed by atoms with E-state index >= 15 is 0 Å². The second-order valence-electron chi connectivity index (χ2n) is 5.91. The van der Waals surface area contributed by atoms with E-state index in [4.69, 9.17) is 0 Å². The van der Waals surface area contributed by atoms with Crippen molar-refractivity contribution in [1.29, 1.82) is 0 Å². The second kappa shape index (κ2) is 6.35. The number of amides is 1. The molecule has 0 aliphatic carbocycles. The molecule has 7 heteroatoms. The molecule has 126 valence electrons. The van der Waals surface area contributed by atoms with E-state index in [9.17, 15) is 9.59 Å². The zero-order chi connectivity index (χ0) is 17.2. The van der Waals surface area contributed by atoms with Gasteiger partial charge in [-0.2, -0.15) is 5.10 Å². The Morgan fingerprint density at radius 1 is 0.960 bits per heavy atom. The van der Waals surface area contributed by atoms with Crippen molar-refractivity contribution in [3.8, 4) is 0 Å². The molecule has 1 fully saturated rings. The maximum atomic E-state index is 12.9. The first-order valence-corrected chi connectivity index (χ1v) is 8.17. The Kier molecular flexibility index (Phi) is 3.89. The van der Waals surface area contributed by atoms with Crippen molar-refractivity contribution < 1.29 is 4.79 Å². The monoisotopic (exact) mass is 335 g/mol. The van der Waals surface area contributed by atoms with Crippen molar-refractivity contribution in [3.63, 3.8) is 0 Å². The molecule has 3 aromatic rings. The molecule has 2 aromatic heterocycles. The number of anilines is 1. The van der Waals surface area contributed by atoms with Gasteiger partial charge in [-0.3, -0.25) is 9.59 Å². The number of aromatic amines is 1. The Labute approximate surface area is 143 Å². The molecule has 1 aromatic carbocycles. The number of pyridine rings is 1. The average molecular weight is 335 g/mol. The minimum Gasteiger partial charge on any atom is -0.353 e. The van der Waals surface area contributed by atoms with Crippen LogP contribution in [0.2, 0.25) is 0 Å². The van der Waals surface area contributed by atoms with Crippen LogP contribution >= 0.6 is 0 Å². The number of carbonyl (C=O) groups excluding carboxylic acids is 1. The summed E-state index contributed by atoms with van der Waals surface area (Å²) in [6, 6.07) is 12.8. The van der Waals surface area contributed by atoms with Crippen molar-refractivity contribution in [2.45, 2.75) is 0 Å². The smallest absolute Gasteiger partial charge is 0.275 e. The molecule has 0 atom stereocenters. The number of rotatable bonds is 2. The van der Waals surface area contributed by atoms with Gasteiger partial charge in [0.15, 0.2) is 5.69 Å². The molecule has 0 bridgehead atoms. The van der Waals surface area contributed by atoms with Gasteiger partial charge >= 0.3 is 0 Å². The van der Waals surface area contributed by atoms with Crippen LogP contribution in [0.4, 0.5) is 5.82 Å². The van der Waals surface area contributed by atoms with Crippen molar-refractivity contribution >= 4 is 22.5 Å². The summed E-state index contributed by atoms with van der Waals surface area (Å²) in [7, 11) is 0. The molecule has 0 unspecified atom stereocenters. The molecule has 0 spiro atoms. The minimum atomic E-state index is -0.285. The highest BCUT2D eigenvalue weighted by molar-refractivity contribution is 6.04. The van der Waals surface area contributed by atoms with Crippen LogP contribution in [-0.4, -0.2) is 52.2 Å². The predicted octanol–water partition coefficient (Wildman–Crippen LogP) is 1.28. The molecule has 25 heavy (non-hydrogen) atoms. The number of H-pyrrole nitrogens is 1. The summed E-state index contributed by atoms with van der Waals surface area (Å²) in [4.78, 5) is 33.0. The summed E-state index contributed by atoms with van der Waals surface area (Å²) in [6.07, 6.45) is 1.77. The van der Waals surface area contributed by atoms with Crippen LogP contribution in [0.25, 0.3) is 10.8 Å². The number of hydrogen-bond acceptors (Lipinski definition) is 5. The molecule has 1 aliphatic heterocycles. The first kappa shape index (κ1) is 15.3. The maximum Gasteiger partial charge on any atom is 0.275 e. The van der Waals surface area contributed by atoms with E-state index in [1.54, 1.807) is 35.4 Å². The van der Waals surface area contributed by atoms with E-state index in [-0.39, 0.29) is 11.5 Å². The SMILES string of the molecule is O=C(c1n[nH]c(=O)c2ccccc12)N1CCN(c2ccccn2)CC1. The maximum absolute atomic E-state index is 12.9. The third kappa shape index (κ3) is 2.84. The van der Waals surface area contributed by atoms with Gasteiger partial charge < -0.3 is 9.80 Å². The van der Waals surface area contributed by atoms with Gasteiger partial charge in [-0.15, -0.1) is 0 Å². The van der Waals surface area contributed by atoms with Gasteiger partial charge in [0.1, 0.15) is 5.82 Å². The van der Waals surface area contributed by atoms with Crippen LogP contribution in [-0.2, 0) is 0 Å².